The highest BCUT2D eigenvalue weighted by molar-refractivity contribution is 7.11. The molecule has 3 heterocycles. The number of aromatic nitrogens is 2. The average molecular weight is 402 g/mol. The third kappa shape index (κ3) is 4.04. The van der Waals surface area contributed by atoms with Crippen LogP contribution < -0.4 is 10.9 Å². The third-order valence-electron chi connectivity index (χ3n) is 4.76. The van der Waals surface area contributed by atoms with Gasteiger partial charge >= 0.3 is 0 Å². The van der Waals surface area contributed by atoms with Crippen molar-refractivity contribution in [1.82, 2.24) is 14.9 Å². The fourth-order valence-electron chi connectivity index (χ4n) is 2.98. The Morgan fingerprint density at radius 1 is 1.30 bits per heavy atom. The van der Waals surface area contributed by atoms with Gasteiger partial charge in [0.2, 0.25) is 0 Å². The Hall–Kier alpha value is -2.25. The second-order valence-corrected chi connectivity index (χ2v) is 8.78. The van der Waals surface area contributed by atoms with Gasteiger partial charge in [0.05, 0.1) is 11.7 Å². The predicted molar refractivity (Wildman–Crippen MR) is 111 cm³/mol. The van der Waals surface area contributed by atoms with Crippen molar-refractivity contribution in [3.8, 4) is 0 Å². The zero-order chi connectivity index (χ0) is 19.7. The van der Waals surface area contributed by atoms with Gasteiger partial charge in [0.25, 0.3) is 11.5 Å². The number of nitrogens with zero attached hydrogens (tertiary/aromatic N) is 2. The molecule has 0 fully saturated rings. The molecule has 0 spiro atoms. The van der Waals surface area contributed by atoms with Crippen LogP contribution in [0.1, 0.15) is 48.8 Å². The topological polar surface area (TPSA) is 64.0 Å². The molecule has 0 aromatic carbocycles. The molecule has 0 aliphatic carbocycles. The number of pyridine rings is 1. The van der Waals surface area contributed by atoms with Gasteiger partial charge in [-0.15, -0.1) is 11.3 Å². The Kier molecular flexibility index (Phi) is 5.62. The smallest absolute Gasteiger partial charge is 0.263 e. The minimum Gasteiger partial charge on any atom is -0.342 e. The van der Waals surface area contributed by atoms with E-state index in [1.165, 1.54) is 4.57 Å². The summed E-state index contributed by atoms with van der Waals surface area (Å²) in [6.07, 6.45) is 0.646. The number of hydrogen-bond acceptors (Lipinski definition) is 5. The molecule has 0 aliphatic heterocycles. The lowest BCUT2D eigenvalue weighted by molar-refractivity contribution is 0.0933. The SMILES string of the molecule is Cc1cc(C)n(C)c(=O)c1C(=O)N[C@@H](Cc1ccsc1)c1nc(C)c(C)s1. The van der Waals surface area contributed by atoms with E-state index in [9.17, 15) is 9.59 Å². The molecule has 0 unspecified atom stereocenters. The van der Waals surface area contributed by atoms with Crippen molar-refractivity contribution < 1.29 is 4.79 Å². The maximum atomic E-state index is 13.0. The van der Waals surface area contributed by atoms with Gasteiger partial charge in [-0.1, -0.05) is 0 Å². The zero-order valence-corrected chi connectivity index (χ0v) is 17.8. The van der Waals surface area contributed by atoms with Crippen molar-refractivity contribution in [3.05, 3.63) is 71.2 Å². The number of amides is 1. The first-order valence-electron chi connectivity index (χ1n) is 8.71. The molecule has 5 nitrogen and oxygen atoms in total. The normalized spacial score (nSPS) is 12.2. The van der Waals surface area contributed by atoms with Gasteiger partial charge < -0.3 is 9.88 Å². The van der Waals surface area contributed by atoms with Crippen LogP contribution in [0.25, 0.3) is 0 Å². The Bertz CT molecular complexity index is 1010. The third-order valence-corrected chi connectivity index (χ3v) is 6.68. The van der Waals surface area contributed by atoms with E-state index in [4.69, 9.17) is 0 Å². The van der Waals surface area contributed by atoms with E-state index in [1.807, 2.05) is 38.3 Å². The van der Waals surface area contributed by atoms with Crippen molar-refractivity contribution in [2.45, 2.75) is 40.2 Å². The van der Waals surface area contributed by atoms with Crippen molar-refractivity contribution in [3.63, 3.8) is 0 Å². The Morgan fingerprint density at radius 2 is 2.04 bits per heavy atom. The molecule has 0 aliphatic rings. The zero-order valence-electron chi connectivity index (χ0n) is 16.1. The quantitative estimate of drug-likeness (QED) is 0.706. The molecule has 1 atom stereocenters. The van der Waals surface area contributed by atoms with Crippen molar-refractivity contribution in [2.75, 3.05) is 0 Å². The number of nitrogens with one attached hydrogen (secondary N) is 1. The Morgan fingerprint density at radius 3 is 2.63 bits per heavy atom. The lowest BCUT2D eigenvalue weighted by Gasteiger charge is -2.17. The number of thiazole rings is 1. The lowest BCUT2D eigenvalue weighted by atomic mass is 10.1. The first-order chi connectivity index (χ1) is 12.8. The van der Waals surface area contributed by atoms with Gasteiger partial charge in [0, 0.05) is 24.0 Å². The minimum atomic E-state index is -0.348. The molecule has 1 amide bonds. The molecular formula is C20H23N3O2S2. The number of carbonyl (C=O) groups excluding carboxylic acids is 1. The Balaban J connectivity index is 1.96. The maximum Gasteiger partial charge on any atom is 0.263 e. The summed E-state index contributed by atoms with van der Waals surface area (Å²) in [7, 11) is 1.68. The van der Waals surface area contributed by atoms with E-state index >= 15 is 0 Å². The summed E-state index contributed by atoms with van der Waals surface area (Å²) in [6.45, 7) is 7.66. The van der Waals surface area contributed by atoms with Crippen LogP contribution in [-0.2, 0) is 13.5 Å². The summed E-state index contributed by atoms with van der Waals surface area (Å²) in [5.74, 6) is -0.348. The van der Waals surface area contributed by atoms with Gasteiger partial charge in [-0.3, -0.25) is 9.59 Å². The molecule has 0 radical (unpaired) electrons. The fraction of sp³-hybridized carbons (Fsp3) is 0.350. The highest BCUT2D eigenvalue weighted by Crippen LogP contribution is 2.26. The van der Waals surface area contributed by atoms with Crippen LogP contribution in [0.3, 0.4) is 0 Å². The van der Waals surface area contributed by atoms with Crippen LogP contribution in [0.4, 0.5) is 0 Å². The van der Waals surface area contributed by atoms with E-state index in [0.717, 1.165) is 26.8 Å². The van der Waals surface area contributed by atoms with Gasteiger partial charge in [-0.2, -0.15) is 11.3 Å². The molecule has 27 heavy (non-hydrogen) atoms. The number of rotatable bonds is 5. The molecule has 0 saturated heterocycles. The Labute approximate surface area is 166 Å². The van der Waals surface area contributed by atoms with E-state index in [2.05, 4.69) is 15.7 Å². The van der Waals surface area contributed by atoms with Crippen molar-refractivity contribution in [1.29, 1.82) is 0 Å². The van der Waals surface area contributed by atoms with Gasteiger partial charge in [0.15, 0.2) is 0 Å². The molecule has 0 saturated carbocycles. The molecular weight excluding hydrogens is 378 g/mol. The summed E-state index contributed by atoms with van der Waals surface area (Å²) >= 11 is 3.22. The highest BCUT2D eigenvalue weighted by atomic mass is 32.1. The monoisotopic (exact) mass is 401 g/mol. The first-order valence-corrected chi connectivity index (χ1v) is 10.5. The van der Waals surface area contributed by atoms with E-state index in [-0.39, 0.29) is 23.1 Å². The summed E-state index contributed by atoms with van der Waals surface area (Å²) in [4.78, 5) is 31.4. The van der Waals surface area contributed by atoms with Gasteiger partial charge in [0.1, 0.15) is 10.6 Å². The number of aryl methyl sites for hydroxylation is 4. The lowest BCUT2D eigenvalue weighted by Crippen LogP contribution is -2.36. The van der Waals surface area contributed by atoms with Gasteiger partial charge in [-0.25, -0.2) is 4.98 Å². The second kappa shape index (κ2) is 7.78. The van der Waals surface area contributed by atoms with Crippen LogP contribution in [0.2, 0.25) is 0 Å². The molecule has 0 bridgehead atoms. The molecule has 3 aromatic rings. The largest absolute Gasteiger partial charge is 0.342 e. The highest BCUT2D eigenvalue weighted by Gasteiger charge is 2.23. The van der Waals surface area contributed by atoms with E-state index < -0.39 is 0 Å². The van der Waals surface area contributed by atoms with E-state index in [1.54, 1.807) is 36.6 Å². The first kappa shape index (κ1) is 19.5. The van der Waals surface area contributed by atoms with Crippen LogP contribution in [0.5, 0.6) is 0 Å². The second-order valence-electron chi connectivity index (χ2n) is 6.76. The molecule has 1 N–H and O–H groups in total. The molecule has 3 aromatic heterocycles. The number of carbonyl (C=O) groups is 1. The summed E-state index contributed by atoms with van der Waals surface area (Å²) < 4.78 is 1.51. The molecule has 142 valence electrons. The number of hydrogen-bond donors (Lipinski definition) is 1. The van der Waals surface area contributed by atoms with Gasteiger partial charge in [-0.05, 0) is 61.7 Å². The van der Waals surface area contributed by atoms with Crippen LogP contribution >= 0.6 is 22.7 Å². The van der Waals surface area contributed by atoms with Crippen LogP contribution in [0, 0.1) is 27.7 Å². The predicted octanol–water partition coefficient (Wildman–Crippen LogP) is 3.85. The van der Waals surface area contributed by atoms with E-state index in [0.29, 0.717) is 12.0 Å². The summed E-state index contributed by atoms with van der Waals surface area (Å²) in [5.41, 5.74) is 3.56. The number of thiophene rings is 1. The average Bonchev–Trinajstić information content (AvgIpc) is 3.22. The van der Waals surface area contributed by atoms with Crippen LogP contribution in [0.15, 0.2) is 27.7 Å². The standard InChI is InChI=1S/C20H23N3O2S2/c1-11-8-12(2)23(5)20(25)17(11)18(24)22-16(9-15-6-7-26-10-15)19-21-13(3)14(4)27-19/h6-8,10,16H,9H2,1-5H3,(H,22,24)/t16-/m0/s1. The summed E-state index contributed by atoms with van der Waals surface area (Å²) in [5, 5.41) is 8.02. The van der Waals surface area contributed by atoms with Crippen molar-refractivity contribution in [2.24, 2.45) is 7.05 Å². The van der Waals surface area contributed by atoms with Crippen LogP contribution in [-0.4, -0.2) is 15.5 Å². The minimum absolute atomic E-state index is 0.198. The van der Waals surface area contributed by atoms with Crippen molar-refractivity contribution >= 4 is 28.6 Å². The fourth-order valence-corrected chi connectivity index (χ4v) is 4.63. The molecule has 3 rings (SSSR count). The maximum absolute atomic E-state index is 13.0. The molecule has 7 heteroatoms. The summed E-state index contributed by atoms with van der Waals surface area (Å²) in [6, 6.07) is 3.64.